The highest BCUT2D eigenvalue weighted by atomic mass is 127. The first-order chi connectivity index (χ1) is 7.15. The SMILES string of the molecule is Cc1c(F)c(F)c(C[N+](C)(C)C)c(F)c1F.[I-]. The van der Waals surface area contributed by atoms with E-state index in [0.29, 0.717) is 0 Å². The van der Waals surface area contributed by atoms with Crippen molar-refractivity contribution in [2.45, 2.75) is 13.5 Å². The second-order valence-electron chi connectivity index (χ2n) is 4.81. The third kappa shape index (κ3) is 3.54. The van der Waals surface area contributed by atoms with Crippen LogP contribution >= 0.6 is 0 Å². The fourth-order valence-corrected chi connectivity index (χ4v) is 1.40. The van der Waals surface area contributed by atoms with Crippen LogP contribution in [-0.2, 0) is 6.54 Å². The molecule has 1 aromatic rings. The number of hydrogen-bond acceptors (Lipinski definition) is 0. The lowest BCUT2D eigenvalue weighted by Gasteiger charge is -2.24. The zero-order valence-corrected chi connectivity index (χ0v) is 12.2. The van der Waals surface area contributed by atoms with Crippen LogP contribution in [-0.4, -0.2) is 25.6 Å². The summed E-state index contributed by atoms with van der Waals surface area (Å²) in [4.78, 5) is 0. The summed E-state index contributed by atoms with van der Waals surface area (Å²) in [6.45, 7) is 0.887. The Kier molecular flexibility index (Phi) is 5.39. The van der Waals surface area contributed by atoms with Crippen molar-refractivity contribution in [3.05, 3.63) is 34.4 Å². The van der Waals surface area contributed by atoms with Crippen LogP contribution in [0.1, 0.15) is 11.1 Å². The van der Waals surface area contributed by atoms with Crippen LogP contribution in [0.4, 0.5) is 17.6 Å². The Morgan fingerprint density at radius 3 is 1.47 bits per heavy atom. The number of nitrogens with zero attached hydrogens (tertiary/aromatic N) is 1. The van der Waals surface area contributed by atoms with Crippen LogP contribution in [0.2, 0.25) is 0 Å². The maximum absolute atomic E-state index is 13.4. The van der Waals surface area contributed by atoms with Crippen LogP contribution in [0.5, 0.6) is 0 Å². The smallest absolute Gasteiger partial charge is 0.171 e. The van der Waals surface area contributed by atoms with Gasteiger partial charge in [0.15, 0.2) is 23.3 Å². The quantitative estimate of drug-likeness (QED) is 0.295. The Morgan fingerprint density at radius 2 is 1.18 bits per heavy atom. The van der Waals surface area contributed by atoms with Crippen LogP contribution in [0.15, 0.2) is 0 Å². The van der Waals surface area contributed by atoms with Gasteiger partial charge in [-0.1, -0.05) is 0 Å². The number of halogens is 5. The highest BCUT2D eigenvalue weighted by Crippen LogP contribution is 2.25. The number of quaternary nitrogens is 1. The van der Waals surface area contributed by atoms with Crippen molar-refractivity contribution in [1.29, 1.82) is 0 Å². The molecule has 0 spiro atoms. The van der Waals surface area contributed by atoms with Gasteiger partial charge in [-0.3, -0.25) is 0 Å². The third-order valence-corrected chi connectivity index (χ3v) is 2.21. The Labute approximate surface area is 115 Å². The molecular weight excluding hydrogens is 349 g/mol. The van der Waals surface area contributed by atoms with E-state index in [1.807, 2.05) is 0 Å². The number of benzene rings is 1. The zero-order valence-electron chi connectivity index (χ0n) is 10.0. The minimum Gasteiger partial charge on any atom is -1.00 e. The molecule has 98 valence electrons. The molecule has 0 radical (unpaired) electrons. The lowest BCUT2D eigenvalue weighted by atomic mass is 10.1. The van der Waals surface area contributed by atoms with E-state index in [4.69, 9.17) is 0 Å². The molecule has 0 aliphatic heterocycles. The van der Waals surface area contributed by atoms with Crippen molar-refractivity contribution in [3.8, 4) is 0 Å². The monoisotopic (exact) mass is 363 g/mol. The number of hydrogen-bond donors (Lipinski definition) is 0. The second kappa shape index (κ2) is 5.51. The van der Waals surface area contributed by atoms with Gasteiger partial charge < -0.3 is 28.5 Å². The zero-order chi connectivity index (χ0) is 12.7. The molecular formula is C11H14F4IN. The fraction of sp³-hybridized carbons (Fsp3) is 0.455. The molecule has 0 saturated carbocycles. The van der Waals surface area contributed by atoms with Crippen molar-refractivity contribution >= 4 is 0 Å². The lowest BCUT2D eigenvalue weighted by Crippen LogP contribution is -3.00. The lowest BCUT2D eigenvalue weighted by molar-refractivity contribution is -0.884. The molecule has 0 fully saturated rings. The van der Waals surface area contributed by atoms with Crippen molar-refractivity contribution < 1.29 is 46.0 Å². The first kappa shape index (κ1) is 16.6. The highest BCUT2D eigenvalue weighted by molar-refractivity contribution is 5.28. The van der Waals surface area contributed by atoms with E-state index in [1.54, 1.807) is 21.1 Å². The Morgan fingerprint density at radius 1 is 0.824 bits per heavy atom. The molecule has 0 amide bonds. The summed E-state index contributed by atoms with van der Waals surface area (Å²) >= 11 is 0. The molecule has 0 N–H and O–H groups in total. The van der Waals surface area contributed by atoms with Crippen molar-refractivity contribution in [2.24, 2.45) is 0 Å². The van der Waals surface area contributed by atoms with Gasteiger partial charge in [0.1, 0.15) is 6.54 Å². The van der Waals surface area contributed by atoms with Gasteiger partial charge in [0, 0.05) is 5.56 Å². The first-order valence-corrected chi connectivity index (χ1v) is 4.77. The molecule has 0 aliphatic carbocycles. The fourth-order valence-electron chi connectivity index (χ4n) is 1.40. The molecule has 6 heteroatoms. The molecule has 17 heavy (non-hydrogen) atoms. The predicted molar refractivity (Wildman–Crippen MR) is 52.7 cm³/mol. The Bertz CT molecular complexity index is 397. The first-order valence-electron chi connectivity index (χ1n) is 4.77. The number of rotatable bonds is 2. The van der Waals surface area contributed by atoms with E-state index < -0.39 is 34.4 Å². The van der Waals surface area contributed by atoms with E-state index in [9.17, 15) is 17.6 Å². The molecule has 0 saturated heterocycles. The largest absolute Gasteiger partial charge is 1.00 e. The van der Waals surface area contributed by atoms with Gasteiger partial charge >= 0.3 is 0 Å². The molecule has 0 aromatic heterocycles. The molecule has 0 aliphatic rings. The second-order valence-corrected chi connectivity index (χ2v) is 4.81. The minimum absolute atomic E-state index is 0. The average molecular weight is 363 g/mol. The standard InChI is InChI=1S/C11H14F4N.HI/c1-6-8(12)10(14)7(5-16(2,3)4)11(15)9(6)13;/h5H2,1-4H3;1H/q+1;/p-1. The summed E-state index contributed by atoms with van der Waals surface area (Å²) in [6, 6.07) is 0. The van der Waals surface area contributed by atoms with Gasteiger partial charge in [-0.15, -0.1) is 0 Å². The summed E-state index contributed by atoms with van der Waals surface area (Å²) in [5.41, 5.74) is -1.17. The molecule has 0 unspecified atom stereocenters. The van der Waals surface area contributed by atoms with E-state index in [0.717, 1.165) is 6.92 Å². The summed E-state index contributed by atoms with van der Waals surface area (Å²) in [7, 11) is 5.03. The predicted octanol–water partition coefficient (Wildman–Crippen LogP) is -0.238. The van der Waals surface area contributed by atoms with Gasteiger partial charge in [-0.2, -0.15) is 0 Å². The van der Waals surface area contributed by atoms with Gasteiger partial charge in [0.25, 0.3) is 0 Å². The minimum atomic E-state index is -1.32. The van der Waals surface area contributed by atoms with Gasteiger partial charge in [0.2, 0.25) is 0 Å². The van der Waals surface area contributed by atoms with Gasteiger partial charge in [0.05, 0.1) is 26.7 Å². The van der Waals surface area contributed by atoms with E-state index >= 15 is 0 Å². The average Bonchev–Trinajstić information content (AvgIpc) is 2.17. The normalized spacial score (nSPS) is 11.3. The van der Waals surface area contributed by atoms with Crippen molar-refractivity contribution in [1.82, 2.24) is 0 Å². The molecule has 0 heterocycles. The van der Waals surface area contributed by atoms with Gasteiger partial charge in [-0.05, 0) is 6.92 Å². The molecule has 1 nitrogen and oxygen atoms in total. The Balaban J connectivity index is 0.00000256. The van der Waals surface area contributed by atoms with Crippen molar-refractivity contribution in [3.63, 3.8) is 0 Å². The maximum Gasteiger partial charge on any atom is 0.171 e. The van der Waals surface area contributed by atoms with Gasteiger partial charge in [-0.25, -0.2) is 17.6 Å². The van der Waals surface area contributed by atoms with Crippen LogP contribution in [0, 0.1) is 30.2 Å². The van der Waals surface area contributed by atoms with Crippen molar-refractivity contribution in [2.75, 3.05) is 21.1 Å². The summed E-state index contributed by atoms with van der Waals surface area (Å²) in [5.74, 6) is -5.24. The van der Waals surface area contributed by atoms with E-state index in [1.165, 1.54) is 0 Å². The van der Waals surface area contributed by atoms with E-state index in [-0.39, 0.29) is 35.0 Å². The summed E-state index contributed by atoms with van der Waals surface area (Å²) in [5, 5.41) is 0. The van der Waals surface area contributed by atoms with Crippen LogP contribution in [0.25, 0.3) is 0 Å². The van der Waals surface area contributed by atoms with E-state index in [2.05, 4.69) is 0 Å². The maximum atomic E-state index is 13.4. The summed E-state index contributed by atoms with van der Waals surface area (Å²) in [6.07, 6.45) is 0. The summed E-state index contributed by atoms with van der Waals surface area (Å²) < 4.78 is 53.5. The molecule has 1 rings (SSSR count). The third-order valence-electron chi connectivity index (χ3n) is 2.21. The highest BCUT2D eigenvalue weighted by Gasteiger charge is 2.26. The van der Waals surface area contributed by atoms with Crippen LogP contribution < -0.4 is 24.0 Å². The van der Waals surface area contributed by atoms with Crippen LogP contribution in [0.3, 0.4) is 0 Å². The Hall–Kier alpha value is -0.370. The molecule has 0 bridgehead atoms. The topological polar surface area (TPSA) is 0 Å². The molecule has 1 aromatic carbocycles. The molecule has 0 atom stereocenters.